The van der Waals surface area contributed by atoms with Crippen molar-refractivity contribution < 1.29 is 27.1 Å². The monoisotopic (exact) mass is 608 g/mol. The number of para-hydroxylation sites is 1. The number of alkyl halides is 3. The summed E-state index contributed by atoms with van der Waals surface area (Å²) < 4.78 is 59.2. The van der Waals surface area contributed by atoms with Crippen molar-refractivity contribution in [1.82, 2.24) is 24.6 Å². The standard InChI is InChI=1S/C30H24F4N6O2S/c1-3-20-6-4-5-7-26(20)40-19(2)17-43-29(40)37-28(41)35-16-25(31)21-8-10-22(11-9-21)27-36-18-39(38-27)23-12-14-24(15-13-23)42-30(32,33)34/h4-18H,3H2,1-2H3,(H,35,41)/b25-16-,37-29-. The SMILES string of the molecule is CCc1ccccc1-n1c(C)cs/c1=N\C(=O)N/C=C(\F)c1ccc(-c2ncn(-c3ccc(OC(F)(F)F)cc3)n2)cc1. The Labute approximate surface area is 247 Å². The predicted molar refractivity (Wildman–Crippen MR) is 154 cm³/mol. The van der Waals surface area contributed by atoms with Crippen LogP contribution in [0.15, 0.2) is 95.7 Å². The molecule has 2 amide bonds. The van der Waals surface area contributed by atoms with Crippen LogP contribution in [0, 0.1) is 6.92 Å². The molecule has 0 fully saturated rings. The molecule has 0 unspecified atom stereocenters. The molecule has 0 spiro atoms. The van der Waals surface area contributed by atoms with Crippen molar-refractivity contribution in [3.05, 3.63) is 112 Å². The molecule has 2 heterocycles. The second kappa shape index (κ2) is 12.4. The number of carbonyl (C=O) groups is 1. The zero-order valence-corrected chi connectivity index (χ0v) is 23.7. The number of urea groups is 1. The number of ether oxygens (including phenoxy) is 1. The van der Waals surface area contributed by atoms with Gasteiger partial charge in [0.25, 0.3) is 0 Å². The number of aryl methyl sites for hydroxylation is 2. The van der Waals surface area contributed by atoms with E-state index >= 15 is 0 Å². The fourth-order valence-corrected chi connectivity index (χ4v) is 5.08. The maximum atomic E-state index is 14.9. The van der Waals surface area contributed by atoms with Gasteiger partial charge in [-0.25, -0.2) is 18.9 Å². The molecular weight excluding hydrogens is 584 g/mol. The van der Waals surface area contributed by atoms with E-state index in [4.69, 9.17) is 0 Å². The third-order valence-corrected chi connectivity index (χ3v) is 7.20. The number of aromatic nitrogens is 4. The molecule has 2 aromatic heterocycles. The molecule has 5 aromatic rings. The number of thiazole rings is 1. The van der Waals surface area contributed by atoms with Crippen LogP contribution >= 0.6 is 11.3 Å². The molecule has 0 bridgehead atoms. The third kappa shape index (κ3) is 7.07. The van der Waals surface area contributed by atoms with Crippen LogP contribution in [0.3, 0.4) is 0 Å². The molecule has 0 atom stereocenters. The highest BCUT2D eigenvalue weighted by Gasteiger charge is 2.31. The van der Waals surface area contributed by atoms with E-state index in [1.54, 1.807) is 12.1 Å². The molecule has 0 saturated carbocycles. The van der Waals surface area contributed by atoms with Crippen LogP contribution in [-0.4, -0.2) is 31.7 Å². The minimum Gasteiger partial charge on any atom is -0.406 e. The molecule has 220 valence electrons. The molecule has 5 rings (SSSR count). The fourth-order valence-electron chi connectivity index (χ4n) is 4.22. The van der Waals surface area contributed by atoms with Crippen molar-refractivity contribution in [2.75, 3.05) is 0 Å². The van der Waals surface area contributed by atoms with Crippen molar-refractivity contribution in [1.29, 1.82) is 0 Å². The number of hydrogen-bond acceptors (Lipinski definition) is 5. The minimum absolute atomic E-state index is 0.211. The fraction of sp³-hybridized carbons (Fsp3) is 0.133. The second-order valence-electron chi connectivity index (χ2n) is 9.16. The van der Waals surface area contributed by atoms with Gasteiger partial charge < -0.3 is 10.1 Å². The van der Waals surface area contributed by atoms with E-state index in [9.17, 15) is 22.4 Å². The average molecular weight is 609 g/mol. The van der Waals surface area contributed by atoms with Gasteiger partial charge in [-0.2, -0.15) is 4.99 Å². The lowest BCUT2D eigenvalue weighted by Gasteiger charge is -2.10. The first-order valence-electron chi connectivity index (χ1n) is 13.0. The third-order valence-electron chi connectivity index (χ3n) is 6.26. The highest BCUT2D eigenvalue weighted by Crippen LogP contribution is 2.25. The number of carbonyl (C=O) groups excluding carboxylic acids is 1. The van der Waals surface area contributed by atoms with Gasteiger partial charge in [-0.3, -0.25) is 4.57 Å². The lowest BCUT2D eigenvalue weighted by atomic mass is 10.1. The Morgan fingerprint density at radius 1 is 1.07 bits per heavy atom. The summed E-state index contributed by atoms with van der Waals surface area (Å²) in [6, 6.07) is 18.5. The predicted octanol–water partition coefficient (Wildman–Crippen LogP) is 7.13. The number of amides is 2. The smallest absolute Gasteiger partial charge is 0.406 e. The summed E-state index contributed by atoms with van der Waals surface area (Å²) >= 11 is 1.31. The van der Waals surface area contributed by atoms with Crippen molar-refractivity contribution in [2.24, 2.45) is 4.99 Å². The summed E-state index contributed by atoms with van der Waals surface area (Å²) in [5.41, 5.74) is 4.23. The Bertz CT molecular complexity index is 1840. The lowest BCUT2D eigenvalue weighted by molar-refractivity contribution is -0.274. The molecule has 0 saturated heterocycles. The summed E-state index contributed by atoms with van der Waals surface area (Å²) in [6.07, 6.45) is -1.61. The van der Waals surface area contributed by atoms with Gasteiger partial charge in [-0.1, -0.05) is 49.4 Å². The highest BCUT2D eigenvalue weighted by molar-refractivity contribution is 7.07. The Hall–Kier alpha value is -5.04. The van der Waals surface area contributed by atoms with Gasteiger partial charge in [0.15, 0.2) is 10.6 Å². The van der Waals surface area contributed by atoms with E-state index in [1.165, 1.54) is 58.7 Å². The van der Waals surface area contributed by atoms with E-state index in [-0.39, 0.29) is 11.3 Å². The summed E-state index contributed by atoms with van der Waals surface area (Å²) in [5, 5.41) is 8.62. The molecule has 13 heteroatoms. The molecule has 0 radical (unpaired) electrons. The largest absolute Gasteiger partial charge is 0.573 e. The van der Waals surface area contributed by atoms with E-state index in [2.05, 4.69) is 32.1 Å². The Balaban J connectivity index is 1.26. The number of hydrogen-bond donors (Lipinski definition) is 1. The van der Waals surface area contributed by atoms with Gasteiger partial charge in [-0.05, 0) is 49.2 Å². The lowest BCUT2D eigenvalue weighted by Crippen LogP contribution is -2.21. The quantitative estimate of drug-likeness (QED) is 0.199. The van der Waals surface area contributed by atoms with Crippen LogP contribution in [0.5, 0.6) is 5.75 Å². The van der Waals surface area contributed by atoms with Crippen LogP contribution in [0.2, 0.25) is 0 Å². The number of nitrogens with zero attached hydrogens (tertiary/aromatic N) is 5. The number of benzene rings is 3. The average Bonchev–Trinajstić information content (AvgIpc) is 3.62. The normalized spacial score (nSPS) is 12.4. The number of rotatable bonds is 7. The van der Waals surface area contributed by atoms with Crippen LogP contribution in [0.1, 0.15) is 23.7 Å². The first-order valence-corrected chi connectivity index (χ1v) is 13.8. The van der Waals surface area contributed by atoms with Crippen molar-refractivity contribution in [3.8, 4) is 28.5 Å². The molecule has 8 nitrogen and oxygen atoms in total. The maximum absolute atomic E-state index is 14.9. The topological polar surface area (TPSA) is 86.3 Å². The van der Waals surface area contributed by atoms with E-state index in [0.717, 1.165) is 29.6 Å². The zero-order valence-electron chi connectivity index (χ0n) is 22.8. The van der Waals surface area contributed by atoms with Gasteiger partial charge in [0.05, 0.1) is 11.4 Å². The summed E-state index contributed by atoms with van der Waals surface area (Å²) in [4.78, 5) is 21.4. The molecule has 0 aliphatic carbocycles. The summed E-state index contributed by atoms with van der Waals surface area (Å²) in [6.45, 7) is 3.98. The van der Waals surface area contributed by atoms with Crippen molar-refractivity contribution in [3.63, 3.8) is 0 Å². The number of halogens is 4. The van der Waals surface area contributed by atoms with Gasteiger partial charge in [-0.15, -0.1) is 29.6 Å². The Kier molecular flexibility index (Phi) is 8.53. The number of nitrogens with one attached hydrogen (secondary N) is 1. The molecule has 1 N–H and O–H groups in total. The van der Waals surface area contributed by atoms with Gasteiger partial charge in [0.1, 0.15) is 17.9 Å². The molecule has 43 heavy (non-hydrogen) atoms. The molecule has 0 aliphatic heterocycles. The maximum Gasteiger partial charge on any atom is 0.573 e. The first-order chi connectivity index (χ1) is 20.6. The van der Waals surface area contributed by atoms with Gasteiger partial charge in [0.2, 0.25) is 0 Å². The zero-order chi connectivity index (χ0) is 30.6. The Morgan fingerprint density at radius 3 is 2.49 bits per heavy atom. The van der Waals surface area contributed by atoms with Crippen molar-refractivity contribution in [2.45, 2.75) is 26.6 Å². The Morgan fingerprint density at radius 2 is 1.79 bits per heavy atom. The molecule has 0 aliphatic rings. The van der Waals surface area contributed by atoms with Crippen LogP contribution in [-0.2, 0) is 6.42 Å². The second-order valence-corrected chi connectivity index (χ2v) is 10.00. The van der Waals surface area contributed by atoms with Gasteiger partial charge in [0, 0.05) is 28.4 Å². The molecule has 3 aromatic carbocycles. The summed E-state index contributed by atoms with van der Waals surface area (Å²) in [5.74, 6) is -0.709. The van der Waals surface area contributed by atoms with Crippen LogP contribution in [0.25, 0.3) is 28.6 Å². The van der Waals surface area contributed by atoms with Crippen LogP contribution < -0.4 is 14.9 Å². The van der Waals surface area contributed by atoms with E-state index in [1.807, 2.05) is 41.1 Å². The first kappa shape index (κ1) is 29.5. The van der Waals surface area contributed by atoms with E-state index in [0.29, 0.717) is 21.9 Å². The summed E-state index contributed by atoms with van der Waals surface area (Å²) in [7, 11) is 0. The van der Waals surface area contributed by atoms with Crippen molar-refractivity contribution >= 4 is 23.2 Å². The highest BCUT2D eigenvalue weighted by atomic mass is 32.1. The molecular formula is C30H24F4N6O2S. The van der Waals surface area contributed by atoms with E-state index < -0.39 is 18.2 Å². The van der Waals surface area contributed by atoms with Crippen LogP contribution in [0.4, 0.5) is 22.4 Å². The minimum atomic E-state index is -4.78. The van der Waals surface area contributed by atoms with Gasteiger partial charge >= 0.3 is 12.4 Å².